The van der Waals surface area contributed by atoms with E-state index < -0.39 is 18.8 Å². The van der Waals surface area contributed by atoms with Gasteiger partial charge in [-0.2, -0.15) is 5.10 Å². The summed E-state index contributed by atoms with van der Waals surface area (Å²) in [6.07, 6.45) is 0.893. The SMILES string of the molecule is CC(OCCOCC(=O)O)n1ncc2nc(NCc3ccc(Cl)c(Cl)c3)[nH]c(=O)c21. The summed E-state index contributed by atoms with van der Waals surface area (Å²) in [4.78, 5) is 30.0. The Bertz CT molecular complexity index is 1100. The molecule has 0 bridgehead atoms. The average molecular weight is 456 g/mol. The van der Waals surface area contributed by atoms with Crippen LogP contribution in [0.5, 0.6) is 0 Å². The van der Waals surface area contributed by atoms with Crippen molar-refractivity contribution in [2.24, 2.45) is 0 Å². The molecule has 3 rings (SSSR count). The Morgan fingerprint density at radius 2 is 2.13 bits per heavy atom. The van der Waals surface area contributed by atoms with E-state index in [0.29, 0.717) is 22.1 Å². The molecule has 0 amide bonds. The van der Waals surface area contributed by atoms with Crippen LogP contribution in [0.2, 0.25) is 10.0 Å². The summed E-state index contributed by atoms with van der Waals surface area (Å²) in [5, 5.41) is 16.6. The van der Waals surface area contributed by atoms with E-state index in [4.69, 9.17) is 37.8 Å². The number of carbonyl (C=O) groups is 1. The molecule has 1 atom stereocenters. The van der Waals surface area contributed by atoms with Gasteiger partial charge in [0.1, 0.15) is 18.4 Å². The number of fused-ring (bicyclic) bond motifs is 1. The molecular weight excluding hydrogens is 437 g/mol. The topological polar surface area (TPSA) is 131 Å². The highest BCUT2D eigenvalue weighted by molar-refractivity contribution is 6.42. The minimum atomic E-state index is -1.05. The Hall–Kier alpha value is -2.66. The standard InChI is InChI=1S/C18H19Cl2N5O5/c1-10(30-5-4-29-9-15(26)27)25-16-14(8-22-25)23-18(24-17(16)28)21-7-11-2-3-12(19)13(20)6-11/h2-3,6,8,10H,4-5,7,9H2,1H3,(H,26,27)(H2,21,23,24,28). The fourth-order valence-electron chi connectivity index (χ4n) is 2.67. The van der Waals surface area contributed by atoms with Crippen LogP contribution in [0, 0.1) is 0 Å². The third kappa shape index (κ3) is 5.48. The Balaban J connectivity index is 1.66. The van der Waals surface area contributed by atoms with Crippen molar-refractivity contribution in [1.29, 1.82) is 0 Å². The van der Waals surface area contributed by atoms with Gasteiger partial charge >= 0.3 is 5.97 Å². The maximum Gasteiger partial charge on any atom is 0.329 e. The number of benzene rings is 1. The van der Waals surface area contributed by atoms with Crippen LogP contribution < -0.4 is 10.9 Å². The van der Waals surface area contributed by atoms with Crippen LogP contribution in [-0.2, 0) is 20.8 Å². The van der Waals surface area contributed by atoms with Crippen LogP contribution in [-0.4, -0.2) is 50.6 Å². The van der Waals surface area contributed by atoms with Gasteiger partial charge in [0.05, 0.1) is 29.5 Å². The highest BCUT2D eigenvalue weighted by Gasteiger charge is 2.15. The molecular formula is C18H19Cl2N5O5. The Labute approximate surface area is 180 Å². The minimum absolute atomic E-state index is 0.104. The molecule has 1 unspecified atom stereocenters. The minimum Gasteiger partial charge on any atom is -0.480 e. The van der Waals surface area contributed by atoms with Gasteiger partial charge in [-0.3, -0.25) is 9.78 Å². The first-order valence-corrected chi connectivity index (χ1v) is 9.67. The van der Waals surface area contributed by atoms with E-state index in [-0.39, 0.29) is 30.2 Å². The van der Waals surface area contributed by atoms with Gasteiger partial charge in [-0.05, 0) is 24.6 Å². The molecule has 30 heavy (non-hydrogen) atoms. The van der Waals surface area contributed by atoms with Crippen LogP contribution in [0.15, 0.2) is 29.2 Å². The van der Waals surface area contributed by atoms with Crippen molar-refractivity contribution in [3.8, 4) is 0 Å². The molecule has 10 nitrogen and oxygen atoms in total. The zero-order chi connectivity index (χ0) is 21.7. The van der Waals surface area contributed by atoms with Crippen molar-refractivity contribution in [2.45, 2.75) is 19.7 Å². The smallest absolute Gasteiger partial charge is 0.329 e. The molecule has 3 aromatic rings. The molecule has 160 valence electrons. The van der Waals surface area contributed by atoms with Crippen molar-refractivity contribution in [1.82, 2.24) is 19.7 Å². The normalized spacial score (nSPS) is 12.2. The highest BCUT2D eigenvalue weighted by Crippen LogP contribution is 2.23. The van der Waals surface area contributed by atoms with Crippen molar-refractivity contribution in [3.05, 3.63) is 50.4 Å². The number of carboxylic acids is 1. The van der Waals surface area contributed by atoms with Gasteiger partial charge in [-0.25, -0.2) is 14.5 Å². The second kappa shape index (κ2) is 9.90. The Morgan fingerprint density at radius 3 is 2.87 bits per heavy atom. The number of rotatable bonds is 10. The van der Waals surface area contributed by atoms with Crippen LogP contribution in [0.3, 0.4) is 0 Å². The number of H-pyrrole nitrogens is 1. The lowest BCUT2D eigenvalue weighted by atomic mass is 10.2. The van der Waals surface area contributed by atoms with Gasteiger partial charge in [-0.1, -0.05) is 29.3 Å². The predicted octanol–water partition coefficient (Wildman–Crippen LogP) is 2.67. The Kier molecular flexibility index (Phi) is 7.27. The summed E-state index contributed by atoms with van der Waals surface area (Å²) < 4.78 is 11.9. The van der Waals surface area contributed by atoms with E-state index in [1.54, 1.807) is 19.1 Å². The van der Waals surface area contributed by atoms with Crippen molar-refractivity contribution < 1.29 is 19.4 Å². The average Bonchev–Trinajstić information content (AvgIpc) is 3.13. The largest absolute Gasteiger partial charge is 0.480 e. The van der Waals surface area contributed by atoms with Gasteiger partial charge in [0.25, 0.3) is 5.56 Å². The fraction of sp³-hybridized carbons (Fsp3) is 0.333. The third-order valence-electron chi connectivity index (χ3n) is 4.06. The second-order valence-corrected chi connectivity index (χ2v) is 7.07. The van der Waals surface area contributed by atoms with Crippen LogP contribution in [0.1, 0.15) is 18.7 Å². The number of nitrogens with one attached hydrogen (secondary N) is 2. The highest BCUT2D eigenvalue weighted by atomic mass is 35.5. The van der Waals surface area contributed by atoms with E-state index in [9.17, 15) is 9.59 Å². The lowest BCUT2D eigenvalue weighted by molar-refractivity contribution is -0.143. The molecule has 0 fully saturated rings. The number of carboxylic acid groups (broad SMARTS) is 1. The molecule has 12 heteroatoms. The zero-order valence-corrected chi connectivity index (χ0v) is 17.4. The van der Waals surface area contributed by atoms with E-state index in [0.717, 1.165) is 5.56 Å². The zero-order valence-electron chi connectivity index (χ0n) is 15.9. The summed E-state index contributed by atoms with van der Waals surface area (Å²) in [7, 11) is 0. The number of hydrogen-bond acceptors (Lipinski definition) is 7. The van der Waals surface area contributed by atoms with Crippen LogP contribution in [0.4, 0.5) is 5.95 Å². The van der Waals surface area contributed by atoms with Gasteiger partial charge in [-0.15, -0.1) is 0 Å². The number of anilines is 1. The van der Waals surface area contributed by atoms with E-state index in [2.05, 4.69) is 20.4 Å². The second-order valence-electron chi connectivity index (χ2n) is 6.26. The molecule has 2 heterocycles. The summed E-state index contributed by atoms with van der Waals surface area (Å²) in [6, 6.07) is 5.23. The number of hydrogen-bond donors (Lipinski definition) is 3. The first-order valence-electron chi connectivity index (χ1n) is 8.91. The summed E-state index contributed by atoms with van der Waals surface area (Å²) in [6.45, 7) is 1.94. The third-order valence-corrected chi connectivity index (χ3v) is 4.80. The monoisotopic (exact) mass is 455 g/mol. The van der Waals surface area contributed by atoms with E-state index in [1.807, 2.05) is 6.07 Å². The van der Waals surface area contributed by atoms with Crippen molar-refractivity contribution in [3.63, 3.8) is 0 Å². The molecule has 1 aromatic carbocycles. The first kappa shape index (κ1) is 22.0. The van der Waals surface area contributed by atoms with Crippen LogP contribution in [0.25, 0.3) is 11.0 Å². The quantitative estimate of drug-likeness (QED) is 0.397. The van der Waals surface area contributed by atoms with E-state index >= 15 is 0 Å². The van der Waals surface area contributed by atoms with Gasteiger partial charge < -0.3 is 19.9 Å². The van der Waals surface area contributed by atoms with Crippen molar-refractivity contribution >= 4 is 46.2 Å². The van der Waals surface area contributed by atoms with E-state index in [1.165, 1.54) is 10.9 Å². The van der Waals surface area contributed by atoms with Crippen LogP contribution >= 0.6 is 23.2 Å². The number of aromatic amines is 1. The molecule has 0 saturated heterocycles. The summed E-state index contributed by atoms with van der Waals surface area (Å²) in [5.74, 6) is -0.768. The number of nitrogens with zero attached hydrogens (tertiary/aromatic N) is 3. The van der Waals surface area contributed by atoms with Gasteiger partial charge in [0.2, 0.25) is 5.95 Å². The number of ether oxygens (including phenoxy) is 2. The summed E-state index contributed by atoms with van der Waals surface area (Å²) in [5.41, 5.74) is 1.14. The molecule has 3 N–H and O–H groups in total. The summed E-state index contributed by atoms with van der Waals surface area (Å²) >= 11 is 11.9. The van der Waals surface area contributed by atoms with Gasteiger partial charge in [0.15, 0.2) is 5.52 Å². The number of aliphatic carboxylic acids is 1. The molecule has 0 aliphatic heterocycles. The van der Waals surface area contributed by atoms with Crippen molar-refractivity contribution in [2.75, 3.05) is 25.1 Å². The predicted molar refractivity (Wildman–Crippen MR) is 111 cm³/mol. The number of aromatic nitrogens is 4. The molecule has 0 radical (unpaired) electrons. The fourth-order valence-corrected chi connectivity index (χ4v) is 2.99. The lowest BCUT2D eigenvalue weighted by Gasteiger charge is -2.14. The molecule has 0 spiro atoms. The maximum atomic E-state index is 12.6. The van der Waals surface area contributed by atoms with Gasteiger partial charge in [0, 0.05) is 6.54 Å². The first-order chi connectivity index (χ1) is 14.3. The lowest BCUT2D eigenvalue weighted by Crippen LogP contribution is -2.20. The maximum absolute atomic E-state index is 12.6. The molecule has 0 aliphatic carbocycles. The number of halogens is 2. The molecule has 0 saturated carbocycles. The molecule has 2 aromatic heterocycles. The molecule has 0 aliphatic rings. The Morgan fingerprint density at radius 1 is 1.33 bits per heavy atom.